The van der Waals surface area contributed by atoms with Gasteiger partial charge in [0.05, 0.1) is 0 Å². The summed E-state index contributed by atoms with van der Waals surface area (Å²) >= 11 is 0. The second-order valence-corrected chi connectivity index (χ2v) is 4.13. The molecule has 0 aromatic carbocycles. The lowest BCUT2D eigenvalue weighted by Crippen LogP contribution is -2.28. The Morgan fingerprint density at radius 2 is 1.85 bits per heavy atom. The second kappa shape index (κ2) is 6.41. The van der Waals surface area contributed by atoms with E-state index >= 15 is 0 Å². The van der Waals surface area contributed by atoms with E-state index in [4.69, 9.17) is 0 Å². The maximum absolute atomic E-state index is 12.2. The molecule has 5 nitrogen and oxygen atoms in total. The van der Waals surface area contributed by atoms with Crippen LogP contribution >= 0.6 is 0 Å². The molecule has 0 fully saturated rings. The highest BCUT2D eigenvalue weighted by Gasteiger charge is 2.18. The quantitative estimate of drug-likeness (QED) is 0.788. The predicted octanol–water partition coefficient (Wildman–Crippen LogP) is 1.51. The molecule has 0 saturated heterocycles. The average Bonchev–Trinajstić information content (AvgIpc) is 2.53. The van der Waals surface area contributed by atoms with Crippen molar-refractivity contribution in [1.82, 2.24) is 14.9 Å². The summed E-state index contributed by atoms with van der Waals surface area (Å²) in [6, 6.07) is 10.4. The zero-order valence-electron chi connectivity index (χ0n) is 11.0. The van der Waals surface area contributed by atoms with Crippen molar-refractivity contribution < 1.29 is 9.59 Å². The molecule has 1 amide bonds. The van der Waals surface area contributed by atoms with Gasteiger partial charge in [0.1, 0.15) is 17.3 Å². The van der Waals surface area contributed by atoms with Crippen molar-refractivity contribution in [2.75, 3.05) is 7.05 Å². The topological polar surface area (TPSA) is 63.2 Å². The monoisotopic (exact) mass is 267 g/mol. The highest BCUT2D eigenvalue weighted by atomic mass is 16.2. The molecule has 0 bridgehead atoms. The maximum atomic E-state index is 12.2. The lowest BCUT2D eigenvalue weighted by atomic mass is 10.2. The first kappa shape index (κ1) is 13.6. The smallest absolute Gasteiger partial charge is 0.276 e. The molecule has 0 atom stereocenters. The van der Waals surface area contributed by atoms with Crippen LogP contribution in [0.25, 0.3) is 0 Å². The summed E-state index contributed by atoms with van der Waals surface area (Å²) < 4.78 is 0. The summed E-state index contributed by atoms with van der Waals surface area (Å²) in [4.78, 5) is 32.6. The summed E-state index contributed by atoms with van der Waals surface area (Å²) in [7, 11) is 1.53. The first-order valence-electron chi connectivity index (χ1n) is 6.05. The number of amides is 1. The van der Waals surface area contributed by atoms with Crippen molar-refractivity contribution >= 4 is 11.8 Å². The Balaban J connectivity index is 2.16. The number of nitrogens with zero attached hydrogens (tertiary/aromatic N) is 3. The van der Waals surface area contributed by atoms with Crippen LogP contribution in [0.5, 0.6) is 0 Å². The summed E-state index contributed by atoms with van der Waals surface area (Å²) in [5, 5.41) is 0. The molecule has 0 saturated carbocycles. The highest BCUT2D eigenvalue weighted by molar-refractivity contribution is 5.94. The molecule has 0 aliphatic rings. The van der Waals surface area contributed by atoms with Gasteiger partial charge in [0, 0.05) is 31.6 Å². The van der Waals surface area contributed by atoms with Gasteiger partial charge in [-0.25, -0.2) is 4.79 Å². The lowest BCUT2D eigenvalue weighted by molar-refractivity contribution is 0.0829. The molecule has 2 heterocycles. The van der Waals surface area contributed by atoms with Gasteiger partial charge in [-0.1, -0.05) is 12.1 Å². The minimum absolute atomic E-state index is 0.222. The number of hydrogen-bond donors (Lipinski definition) is 0. The number of carbonyl (C=O) groups excluding carboxylic acids is 2. The van der Waals surface area contributed by atoms with E-state index in [1.54, 1.807) is 42.5 Å². The fourth-order valence-corrected chi connectivity index (χ4v) is 1.68. The van der Waals surface area contributed by atoms with Crippen LogP contribution in [0.3, 0.4) is 0 Å². The Morgan fingerprint density at radius 3 is 2.40 bits per heavy atom. The minimum atomic E-state index is -0.347. The Kier molecular flexibility index (Phi) is 4.37. The first-order chi connectivity index (χ1) is 9.72. The number of aromatic nitrogens is 2. The summed E-state index contributed by atoms with van der Waals surface area (Å²) in [6.07, 6.45) is 3.42. The van der Waals surface area contributed by atoms with Gasteiger partial charge in [0.15, 0.2) is 0 Å². The van der Waals surface area contributed by atoms with Gasteiger partial charge in [-0.15, -0.1) is 0 Å². The van der Waals surface area contributed by atoms with Crippen LogP contribution in [-0.4, -0.2) is 33.8 Å². The Labute approximate surface area is 116 Å². The number of rotatable bonds is 4. The third-order valence-electron chi connectivity index (χ3n) is 2.79. The third-order valence-corrected chi connectivity index (χ3v) is 2.79. The molecule has 2 aromatic heterocycles. The molecule has 0 aliphatic heterocycles. The molecule has 0 unspecified atom stereocenters. The lowest BCUT2D eigenvalue weighted by Gasteiger charge is -2.17. The van der Waals surface area contributed by atoms with Crippen molar-refractivity contribution in [2.24, 2.45) is 0 Å². The largest absolute Gasteiger partial charge is 0.304 e. The molecule has 5 heteroatoms. The van der Waals surface area contributed by atoms with Crippen LogP contribution in [0.4, 0.5) is 0 Å². The van der Waals surface area contributed by atoms with E-state index in [1.807, 2.05) is 6.07 Å². The van der Waals surface area contributed by atoms with Crippen molar-refractivity contribution in [3.8, 4) is 0 Å². The van der Waals surface area contributed by atoms with E-state index in [0.29, 0.717) is 5.69 Å². The standard InChI is InChI=1S/C15H13N3O2/c1-18(15(20)14-7-3-5-9-17-14)13(11-19)10-12-6-2-4-8-16-12/h2-9H,10H2,1H3. The molecule has 100 valence electrons. The van der Waals surface area contributed by atoms with Crippen LogP contribution in [0, 0.1) is 0 Å². The van der Waals surface area contributed by atoms with Crippen molar-refractivity contribution in [2.45, 2.75) is 6.42 Å². The van der Waals surface area contributed by atoms with Crippen molar-refractivity contribution in [3.63, 3.8) is 0 Å². The molecule has 20 heavy (non-hydrogen) atoms. The predicted molar refractivity (Wildman–Crippen MR) is 73.5 cm³/mol. The van der Waals surface area contributed by atoms with Gasteiger partial charge in [-0.2, -0.15) is 0 Å². The SMILES string of the molecule is CN(C(=O)c1ccccn1)C(=C=O)Cc1ccccn1. The van der Waals surface area contributed by atoms with Crippen molar-refractivity contribution in [1.29, 1.82) is 0 Å². The third kappa shape index (κ3) is 3.16. The Hall–Kier alpha value is -2.78. The molecular weight excluding hydrogens is 254 g/mol. The Bertz CT molecular complexity index is 635. The molecule has 0 N–H and O–H groups in total. The van der Waals surface area contributed by atoms with Gasteiger partial charge < -0.3 is 4.90 Å². The fourth-order valence-electron chi connectivity index (χ4n) is 1.68. The maximum Gasteiger partial charge on any atom is 0.276 e. The average molecular weight is 267 g/mol. The van der Waals surface area contributed by atoms with Crippen LogP contribution in [0.15, 0.2) is 54.5 Å². The van der Waals surface area contributed by atoms with Crippen molar-refractivity contribution in [3.05, 3.63) is 65.9 Å². The van der Waals surface area contributed by atoms with Gasteiger partial charge >= 0.3 is 0 Å². The number of pyridine rings is 2. The summed E-state index contributed by atoms with van der Waals surface area (Å²) in [5.41, 5.74) is 1.20. The number of allylic oxidation sites excluding steroid dienone is 1. The minimum Gasteiger partial charge on any atom is -0.304 e. The van der Waals surface area contributed by atoms with Gasteiger partial charge in [0.2, 0.25) is 0 Å². The highest BCUT2D eigenvalue weighted by Crippen LogP contribution is 2.09. The number of hydrogen-bond acceptors (Lipinski definition) is 4. The summed E-state index contributed by atoms with van der Waals surface area (Å²) in [5.74, 6) is 1.46. The molecule has 2 rings (SSSR count). The molecule has 2 aromatic rings. The van der Waals surface area contributed by atoms with E-state index in [9.17, 15) is 9.59 Å². The normalized spacial score (nSPS) is 9.65. The molecule has 0 aliphatic carbocycles. The number of carbonyl (C=O) groups is 1. The fraction of sp³-hybridized carbons (Fsp3) is 0.133. The molecule has 0 spiro atoms. The van der Waals surface area contributed by atoms with Crippen LogP contribution in [0.2, 0.25) is 0 Å². The van der Waals surface area contributed by atoms with Crippen LogP contribution < -0.4 is 0 Å². The first-order valence-corrected chi connectivity index (χ1v) is 6.05. The van der Waals surface area contributed by atoms with Gasteiger partial charge in [-0.05, 0) is 24.3 Å². The zero-order chi connectivity index (χ0) is 14.4. The Morgan fingerprint density at radius 1 is 1.15 bits per heavy atom. The van der Waals surface area contributed by atoms with Crippen LogP contribution in [0.1, 0.15) is 16.2 Å². The second-order valence-electron chi connectivity index (χ2n) is 4.13. The molecule has 0 radical (unpaired) electrons. The van der Waals surface area contributed by atoms with E-state index in [-0.39, 0.29) is 23.7 Å². The van der Waals surface area contributed by atoms with E-state index in [0.717, 1.165) is 0 Å². The van der Waals surface area contributed by atoms with Crippen LogP contribution in [-0.2, 0) is 11.2 Å². The van der Waals surface area contributed by atoms with E-state index in [2.05, 4.69) is 9.97 Å². The van der Waals surface area contributed by atoms with Gasteiger partial charge in [0.25, 0.3) is 5.91 Å². The molecular formula is C15H13N3O2. The van der Waals surface area contributed by atoms with Gasteiger partial charge in [-0.3, -0.25) is 14.8 Å². The zero-order valence-corrected chi connectivity index (χ0v) is 11.0. The summed E-state index contributed by atoms with van der Waals surface area (Å²) in [6.45, 7) is 0. The van der Waals surface area contributed by atoms with E-state index in [1.165, 1.54) is 18.1 Å². The number of likely N-dealkylation sites (N-methyl/N-ethyl adjacent to an activating group) is 1. The van der Waals surface area contributed by atoms with E-state index < -0.39 is 0 Å².